The van der Waals surface area contributed by atoms with Gasteiger partial charge in [-0.05, 0) is 48.4 Å². The van der Waals surface area contributed by atoms with E-state index in [0.717, 1.165) is 43.6 Å². The molecule has 2 N–H and O–H groups in total. The number of guanidine groups is 1. The van der Waals surface area contributed by atoms with Crippen LogP contribution in [0.5, 0.6) is 0 Å². The minimum Gasteiger partial charge on any atom is -0.363 e. The number of hydrogen-bond donors (Lipinski definition) is 2. The largest absolute Gasteiger partial charge is 0.363 e. The summed E-state index contributed by atoms with van der Waals surface area (Å²) in [6, 6.07) is 12.3. The molecule has 1 aromatic heterocycles. The van der Waals surface area contributed by atoms with Crippen LogP contribution in [0.25, 0.3) is 0 Å². The Morgan fingerprint density at radius 2 is 1.97 bits per heavy atom. The second-order valence-electron chi connectivity index (χ2n) is 7.62. The van der Waals surface area contributed by atoms with E-state index < -0.39 is 10.0 Å². The summed E-state index contributed by atoms with van der Waals surface area (Å²) >= 11 is 1.78. The number of sulfonamides is 1. The summed E-state index contributed by atoms with van der Waals surface area (Å²) in [5.74, 6) is 0.709. The van der Waals surface area contributed by atoms with Crippen molar-refractivity contribution in [2.24, 2.45) is 4.99 Å². The highest BCUT2D eigenvalue weighted by Crippen LogP contribution is 2.30. The van der Waals surface area contributed by atoms with Crippen molar-refractivity contribution >= 4 is 38.0 Å². The number of anilines is 2. The third kappa shape index (κ3) is 4.73. The number of fused-ring (bicyclic) bond motifs is 1. The van der Waals surface area contributed by atoms with Gasteiger partial charge in [-0.3, -0.25) is 9.30 Å². The van der Waals surface area contributed by atoms with Crippen molar-refractivity contribution in [2.45, 2.75) is 25.3 Å². The van der Waals surface area contributed by atoms with Gasteiger partial charge in [0.05, 0.1) is 16.4 Å². The molecule has 0 aliphatic carbocycles. The normalized spacial score (nSPS) is 17.8. The molecule has 0 atom stereocenters. The van der Waals surface area contributed by atoms with Gasteiger partial charge in [0.25, 0.3) is 0 Å². The Kier molecular flexibility index (Phi) is 6.48. The van der Waals surface area contributed by atoms with Gasteiger partial charge in [0.2, 0.25) is 10.0 Å². The molecule has 7 nitrogen and oxygen atoms in total. The molecule has 4 rings (SSSR count). The maximum Gasteiger partial charge on any atom is 0.236 e. The van der Waals surface area contributed by atoms with Gasteiger partial charge >= 0.3 is 0 Å². The monoisotopic (exact) mass is 447 g/mol. The summed E-state index contributed by atoms with van der Waals surface area (Å²) in [6.07, 6.45) is 2.83. The van der Waals surface area contributed by atoms with E-state index in [4.69, 9.17) is 0 Å². The number of aliphatic imine (C=N–C) groups is 1. The molecule has 2 aromatic rings. The standard InChI is InChI=1S/C21H29N5O2S2/c1-22-21(24-18-9-12-25(13-10-18)20-7-4-15-29-20)23-11-16-30(27,28)26-14-8-17-5-2-3-6-19(17)26/h2-7,15,18H,8-14,16H2,1H3,(H2,22,23,24). The van der Waals surface area contributed by atoms with E-state index >= 15 is 0 Å². The smallest absolute Gasteiger partial charge is 0.236 e. The van der Waals surface area contributed by atoms with E-state index in [9.17, 15) is 8.42 Å². The van der Waals surface area contributed by atoms with Gasteiger partial charge in [0.1, 0.15) is 0 Å². The number of hydrogen-bond acceptors (Lipinski definition) is 5. The number of thiophene rings is 1. The number of nitrogens with one attached hydrogen (secondary N) is 2. The summed E-state index contributed by atoms with van der Waals surface area (Å²) in [6.45, 7) is 2.88. The maximum atomic E-state index is 12.8. The molecule has 1 aromatic carbocycles. The molecule has 2 aliphatic rings. The molecule has 0 bridgehead atoms. The van der Waals surface area contributed by atoms with Crippen LogP contribution in [0.2, 0.25) is 0 Å². The van der Waals surface area contributed by atoms with Crippen LogP contribution in [0.3, 0.4) is 0 Å². The van der Waals surface area contributed by atoms with Gasteiger partial charge in [-0.1, -0.05) is 18.2 Å². The average molecular weight is 448 g/mol. The Hall–Kier alpha value is -2.26. The van der Waals surface area contributed by atoms with Crippen LogP contribution in [0.4, 0.5) is 10.7 Å². The summed E-state index contributed by atoms with van der Waals surface area (Å²) in [5, 5.41) is 10.1. The third-order valence-corrected chi connectivity index (χ3v) is 8.41. The zero-order valence-electron chi connectivity index (χ0n) is 17.3. The Balaban J connectivity index is 1.24. The van der Waals surface area contributed by atoms with Gasteiger partial charge in [-0.2, -0.15) is 0 Å². The van der Waals surface area contributed by atoms with E-state index in [1.807, 2.05) is 24.3 Å². The van der Waals surface area contributed by atoms with Crippen LogP contribution in [-0.4, -0.2) is 59.4 Å². The van der Waals surface area contributed by atoms with Gasteiger partial charge in [0.15, 0.2) is 5.96 Å². The van der Waals surface area contributed by atoms with Gasteiger partial charge in [0, 0.05) is 39.3 Å². The minimum atomic E-state index is -3.36. The van der Waals surface area contributed by atoms with Crippen LogP contribution >= 0.6 is 11.3 Å². The number of para-hydroxylation sites is 1. The van der Waals surface area contributed by atoms with E-state index in [2.05, 4.69) is 38.0 Å². The van der Waals surface area contributed by atoms with Crippen molar-refractivity contribution in [2.75, 3.05) is 48.2 Å². The van der Waals surface area contributed by atoms with Gasteiger partial charge in [-0.15, -0.1) is 11.3 Å². The van der Waals surface area contributed by atoms with E-state index in [0.29, 0.717) is 25.1 Å². The lowest BCUT2D eigenvalue weighted by Crippen LogP contribution is -2.49. The molecule has 30 heavy (non-hydrogen) atoms. The van der Waals surface area contributed by atoms with Gasteiger partial charge in [-0.25, -0.2) is 8.42 Å². The van der Waals surface area contributed by atoms with Crippen molar-refractivity contribution in [3.63, 3.8) is 0 Å². The fraction of sp³-hybridized carbons (Fsp3) is 0.476. The molecule has 0 amide bonds. The Bertz CT molecular complexity index is 967. The third-order valence-electron chi connectivity index (χ3n) is 5.71. The second kappa shape index (κ2) is 9.26. The van der Waals surface area contributed by atoms with Crippen LogP contribution in [0, 0.1) is 0 Å². The number of piperidine rings is 1. The molecule has 0 unspecified atom stereocenters. The van der Waals surface area contributed by atoms with Crippen LogP contribution in [-0.2, 0) is 16.4 Å². The highest BCUT2D eigenvalue weighted by molar-refractivity contribution is 7.92. The zero-order chi connectivity index (χ0) is 21.0. The molecule has 1 fully saturated rings. The average Bonchev–Trinajstić information content (AvgIpc) is 3.44. The summed E-state index contributed by atoms with van der Waals surface area (Å²) in [7, 11) is -1.64. The Labute approximate surface area is 182 Å². The molecule has 0 radical (unpaired) electrons. The summed E-state index contributed by atoms with van der Waals surface area (Å²) in [4.78, 5) is 6.69. The first-order valence-electron chi connectivity index (χ1n) is 10.4. The lowest BCUT2D eigenvalue weighted by atomic mass is 10.1. The van der Waals surface area contributed by atoms with Crippen molar-refractivity contribution in [1.82, 2.24) is 10.6 Å². The molecule has 0 saturated carbocycles. The van der Waals surface area contributed by atoms with E-state index in [1.54, 1.807) is 22.7 Å². The highest BCUT2D eigenvalue weighted by atomic mass is 32.2. The minimum absolute atomic E-state index is 0.0405. The van der Waals surface area contributed by atoms with E-state index in [1.165, 1.54) is 5.00 Å². The lowest BCUT2D eigenvalue weighted by molar-refractivity contribution is 0.463. The number of nitrogens with zero attached hydrogens (tertiary/aromatic N) is 3. The van der Waals surface area contributed by atoms with Crippen LogP contribution in [0.15, 0.2) is 46.8 Å². The fourth-order valence-electron chi connectivity index (χ4n) is 4.09. The molecule has 0 spiro atoms. The van der Waals surface area contributed by atoms with Crippen LogP contribution < -0.4 is 19.8 Å². The van der Waals surface area contributed by atoms with Crippen molar-refractivity contribution in [1.29, 1.82) is 0 Å². The molecule has 9 heteroatoms. The Morgan fingerprint density at radius 3 is 2.70 bits per heavy atom. The first-order valence-corrected chi connectivity index (χ1v) is 12.9. The summed E-state index contributed by atoms with van der Waals surface area (Å²) in [5.41, 5.74) is 1.91. The maximum absolute atomic E-state index is 12.8. The molecule has 3 heterocycles. The van der Waals surface area contributed by atoms with Crippen molar-refractivity contribution < 1.29 is 8.42 Å². The van der Waals surface area contributed by atoms with Crippen molar-refractivity contribution in [3.05, 3.63) is 47.3 Å². The molecule has 1 saturated heterocycles. The van der Waals surface area contributed by atoms with Gasteiger partial charge < -0.3 is 15.5 Å². The predicted molar refractivity (Wildman–Crippen MR) is 125 cm³/mol. The topological polar surface area (TPSA) is 77.0 Å². The predicted octanol–water partition coefficient (Wildman–Crippen LogP) is 2.27. The van der Waals surface area contributed by atoms with Crippen LogP contribution in [0.1, 0.15) is 18.4 Å². The SMILES string of the molecule is CN=C(NCCS(=O)(=O)N1CCc2ccccc21)NC1CCN(c2cccs2)CC1. The molecule has 162 valence electrons. The molecular formula is C21H29N5O2S2. The first kappa shape index (κ1) is 21.0. The number of rotatable bonds is 6. The van der Waals surface area contributed by atoms with Crippen molar-refractivity contribution in [3.8, 4) is 0 Å². The Morgan fingerprint density at radius 1 is 1.17 bits per heavy atom. The number of benzene rings is 1. The van der Waals surface area contributed by atoms with E-state index in [-0.39, 0.29) is 5.75 Å². The second-order valence-corrected chi connectivity index (χ2v) is 10.6. The summed E-state index contributed by atoms with van der Waals surface area (Å²) < 4.78 is 27.2. The fourth-order valence-corrected chi connectivity index (χ4v) is 6.30. The lowest BCUT2D eigenvalue weighted by Gasteiger charge is -2.33. The first-order chi connectivity index (χ1) is 14.6. The zero-order valence-corrected chi connectivity index (χ0v) is 18.9. The molecule has 2 aliphatic heterocycles. The molecular weight excluding hydrogens is 418 g/mol. The highest BCUT2D eigenvalue weighted by Gasteiger charge is 2.28. The quantitative estimate of drug-likeness (QED) is 0.525.